The van der Waals surface area contributed by atoms with E-state index in [1.807, 2.05) is 20.8 Å². The molecule has 0 radical (unpaired) electrons. The fourth-order valence-electron chi connectivity index (χ4n) is 2.40. The lowest BCUT2D eigenvalue weighted by Gasteiger charge is -2.24. The van der Waals surface area contributed by atoms with E-state index in [9.17, 15) is 4.79 Å². The molecule has 1 aromatic rings. The summed E-state index contributed by atoms with van der Waals surface area (Å²) < 4.78 is 0. The van der Waals surface area contributed by atoms with Crippen LogP contribution in [0.3, 0.4) is 0 Å². The molecule has 2 rings (SSSR count). The van der Waals surface area contributed by atoms with Crippen molar-refractivity contribution in [3.63, 3.8) is 0 Å². The topological polar surface area (TPSA) is 54.0 Å². The van der Waals surface area contributed by atoms with E-state index in [2.05, 4.69) is 15.6 Å². The Morgan fingerprint density at radius 2 is 2.28 bits per heavy atom. The van der Waals surface area contributed by atoms with Gasteiger partial charge in [-0.1, -0.05) is 6.42 Å². The minimum atomic E-state index is -0.0180. The summed E-state index contributed by atoms with van der Waals surface area (Å²) in [5.41, 5.74) is 1.03. The van der Waals surface area contributed by atoms with Crippen molar-refractivity contribution in [1.82, 2.24) is 15.6 Å². The number of carbonyl (C=O) groups is 1. The number of rotatable bonds is 3. The highest BCUT2D eigenvalue weighted by Gasteiger charge is 2.23. The van der Waals surface area contributed by atoms with Gasteiger partial charge in [0.05, 0.1) is 22.8 Å². The summed E-state index contributed by atoms with van der Waals surface area (Å²) in [7, 11) is 0. The molecular weight excluding hydrogens is 246 g/mol. The molecule has 18 heavy (non-hydrogen) atoms. The van der Waals surface area contributed by atoms with E-state index in [0.29, 0.717) is 0 Å². The highest BCUT2D eigenvalue weighted by molar-refractivity contribution is 7.11. The van der Waals surface area contributed by atoms with Gasteiger partial charge < -0.3 is 10.6 Å². The zero-order valence-electron chi connectivity index (χ0n) is 11.2. The van der Waals surface area contributed by atoms with Gasteiger partial charge in [-0.25, -0.2) is 4.98 Å². The highest BCUT2D eigenvalue weighted by atomic mass is 32.1. The third-order valence-corrected chi connectivity index (χ3v) is 4.57. The molecule has 1 saturated heterocycles. The van der Waals surface area contributed by atoms with Gasteiger partial charge in [0.25, 0.3) is 0 Å². The summed E-state index contributed by atoms with van der Waals surface area (Å²) in [6.45, 7) is 6.98. The van der Waals surface area contributed by atoms with E-state index in [1.54, 1.807) is 11.3 Å². The van der Waals surface area contributed by atoms with Gasteiger partial charge in [0.15, 0.2) is 0 Å². The van der Waals surface area contributed by atoms with Crippen molar-refractivity contribution in [2.75, 3.05) is 6.54 Å². The van der Waals surface area contributed by atoms with Crippen LogP contribution in [0.15, 0.2) is 0 Å². The van der Waals surface area contributed by atoms with Crippen molar-refractivity contribution < 1.29 is 4.79 Å². The number of hydrogen-bond acceptors (Lipinski definition) is 4. The Kier molecular flexibility index (Phi) is 4.35. The number of thiazole rings is 1. The number of hydrogen-bond donors (Lipinski definition) is 2. The molecule has 4 nitrogen and oxygen atoms in total. The van der Waals surface area contributed by atoms with E-state index in [1.165, 1.54) is 6.42 Å². The van der Waals surface area contributed by atoms with Gasteiger partial charge in [-0.15, -0.1) is 11.3 Å². The van der Waals surface area contributed by atoms with Crippen LogP contribution in [-0.2, 0) is 4.79 Å². The molecule has 1 amide bonds. The molecule has 2 N–H and O–H groups in total. The van der Waals surface area contributed by atoms with E-state index in [0.717, 1.165) is 35.0 Å². The summed E-state index contributed by atoms with van der Waals surface area (Å²) in [5, 5.41) is 7.42. The normalized spacial score (nSPS) is 21.6. The molecular formula is C13H21N3OS. The average molecular weight is 267 g/mol. The van der Waals surface area contributed by atoms with Crippen LogP contribution >= 0.6 is 11.3 Å². The van der Waals surface area contributed by atoms with E-state index >= 15 is 0 Å². The van der Waals surface area contributed by atoms with Crippen LogP contribution in [0, 0.1) is 13.8 Å². The molecule has 0 bridgehead atoms. The lowest BCUT2D eigenvalue weighted by Crippen LogP contribution is -2.47. The third kappa shape index (κ3) is 3.09. The Morgan fingerprint density at radius 3 is 2.83 bits per heavy atom. The standard InChI is InChI=1S/C13H21N3OS/c1-8-12(18-10(3)15-8)9(2)16-13(17)11-6-4-5-7-14-11/h9,11,14H,4-7H2,1-3H3,(H,16,17)/t9?,11-/m1/s1. The number of piperidine rings is 1. The minimum absolute atomic E-state index is 0.0180. The monoisotopic (exact) mass is 267 g/mol. The first-order chi connectivity index (χ1) is 8.58. The first-order valence-electron chi connectivity index (χ1n) is 6.55. The van der Waals surface area contributed by atoms with Gasteiger partial charge in [0.1, 0.15) is 0 Å². The van der Waals surface area contributed by atoms with Crippen molar-refractivity contribution in [2.24, 2.45) is 0 Å². The van der Waals surface area contributed by atoms with Crippen LogP contribution in [0.5, 0.6) is 0 Å². The Bertz CT molecular complexity index is 424. The number of aryl methyl sites for hydroxylation is 2. The highest BCUT2D eigenvalue weighted by Crippen LogP contribution is 2.24. The molecule has 1 aliphatic rings. The molecule has 0 saturated carbocycles. The fraction of sp³-hybridized carbons (Fsp3) is 0.692. The summed E-state index contributed by atoms with van der Waals surface area (Å²) in [4.78, 5) is 17.7. The molecule has 2 atom stereocenters. The van der Waals surface area contributed by atoms with Crippen molar-refractivity contribution in [1.29, 1.82) is 0 Å². The predicted molar refractivity (Wildman–Crippen MR) is 73.8 cm³/mol. The smallest absolute Gasteiger partial charge is 0.237 e. The van der Waals surface area contributed by atoms with Gasteiger partial charge in [-0.05, 0) is 40.2 Å². The van der Waals surface area contributed by atoms with E-state index in [-0.39, 0.29) is 18.0 Å². The molecule has 5 heteroatoms. The Balaban J connectivity index is 1.96. The van der Waals surface area contributed by atoms with Crippen LogP contribution in [0.4, 0.5) is 0 Å². The molecule has 1 aromatic heterocycles. The molecule has 1 fully saturated rings. The second kappa shape index (κ2) is 5.80. The first-order valence-corrected chi connectivity index (χ1v) is 7.37. The summed E-state index contributed by atoms with van der Waals surface area (Å²) in [5.74, 6) is 0.118. The van der Waals surface area contributed by atoms with Gasteiger partial charge in [0, 0.05) is 4.88 Å². The van der Waals surface area contributed by atoms with E-state index < -0.39 is 0 Å². The summed E-state index contributed by atoms with van der Waals surface area (Å²) in [6.07, 6.45) is 3.25. The molecule has 1 unspecified atom stereocenters. The SMILES string of the molecule is Cc1nc(C)c(C(C)NC(=O)[C@H]2CCCCN2)s1. The predicted octanol–water partition coefficient (Wildman–Crippen LogP) is 2.08. The molecule has 0 spiro atoms. The van der Waals surface area contributed by atoms with E-state index in [4.69, 9.17) is 0 Å². The second-order valence-electron chi connectivity index (χ2n) is 4.92. The van der Waals surface area contributed by atoms with Crippen LogP contribution < -0.4 is 10.6 Å². The Labute approximate surface area is 112 Å². The Morgan fingerprint density at radius 1 is 1.50 bits per heavy atom. The zero-order chi connectivity index (χ0) is 13.1. The maximum atomic E-state index is 12.1. The largest absolute Gasteiger partial charge is 0.347 e. The van der Waals surface area contributed by atoms with Crippen LogP contribution in [0.1, 0.15) is 47.8 Å². The number of amides is 1. The molecule has 0 aliphatic carbocycles. The number of nitrogens with one attached hydrogen (secondary N) is 2. The summed E-state index contributed by atoms with van der Waals surface area (Å²) in [6, 6.07) is 0.0305. The van der Waals surface area contributed by atoms with Crippen LogP contribution in [-0.4, -0.2) is 23.5 Å². The van der Waals surface area contributed by atoms with Gasteiger partial charge in [-0.3, -0.25) is 4.79 Å². The maximum Gasteiger partial charge on any atom is 0.237 e. The van der Waals surface area contributed by atoms with Gasteiger partial charge in [0.2, 0.25) is 5.91 Å². The number of nitrogens with zero attached hydrogens (tertiary/aromatic N) is 1. The molecule has 0 aromatic carbocycles. The molecule has 2 heterocycles. The lowest BCUT2D eigenvalue weighted by atomic mass is 10.0. The van der Waals surface area contributed by atoms with Crippen LogP contribution in [0.25, 0.3) is 0 Å². The number of carbonyl (C=O) groups excluding carboxylic acids is 1. The third-order valence-electron chi connectivity index (χ3n) is 3.32. The quantitative estimate of drug-likeness (QED) is 0.881. The zero-order valence-corrected chi connectivity index (χ0v) is 12.1. The van der Waals surface area contributed by atoms with Gasteiger partial charge in [-0.2, -0.15) is 0 Å². The van der Waals surface area contributed by atoms with Crippen molar-refractivity contribution in [2.45, 2.75) is 52.1 Å². The van der Waals surface area contributed by atoms with Crippen LogP contribution in [0.2, 0.25) is 0 Å². The Hall–Kier alpha value is -0.940. The van der Waals surface area contributed by atoms with Crippen molar-refractivity contribution in [3.8, 4) is 0 Å². The number of aromatic nitrogens is 1. The van der Waals surface area contributed by atoms with Gasteiger partial charge >= 0.3 is 0 Å². The molecule has 1 aliphatic heterocycles. The average Bonchev–Trinajstić information content (AvgIpc) is 2.69. The second-order valence-corrected chi connectivity index (χ2v) is 6.15. The lowest BCUT2D eigenvalue weighted by molar-refractivity contribution is -0.124. The molecule has 100 valence electrons. The minimum Gasteiger partial charge on any atom is -0.347 e. The first kappa shape index (κ1) is 13.5. The summed E-state index contributed by atoms with van der Waals surface area (Å²) >= 11 is 1.66. The van der Waals surface area contributed by atoms with Crippen molar-refractivity contribution in [3.05, 3.63) is 15.6 Å². The van der Waals surface area contributed by atoms with Crippen molar-refractivity contribution >= 4 is 17.2 Å². The maximum absolute atomic E-state index is 12.1. The fourth-order valence-corrected chi connectivity index (χ4v) is 3.33.